The molecule has 0 heterocycles. The zero-order valence-corrected chi connectivity index (χ0v) is 9.74. The van der Waals surface area contributed by atoms with Crippen molar-refractivity contribution in [2.45, 2.75) is 33.3 Å². The summed E-state index contributed by atoms with van der Waals surface area (Å²) in [6.07, 6.45) is 2.34. The van der Waals surface area contributed by atoms with Gasteiger partial charge in [-0.1, -0.05) is 26.0 Å². The van der Waals surface area contributed by atoms with E-state index in [2.05, 4.69) is 30.9 Å². The highest BCUT2D eigenvalue weighted by Crippen LogP contribution is 2.16. The van der Waals surface area contributed by atoms with Gasteiger partial charge in [-0.25, -0.2) is 0 Å². The van der Waals surface area contributed by atoms with E-state index in [0.29, 0.717) is 0 Å². The van der Waals surface area contributed by atoms with Crippen molar-refractivity contribution in [2.75, 3.05) is 18.0 Å². The SMILES string of the molecule is CCCN(CCC)c1ccc(CO)cc1. The van der Waals surface area contributed by atoms with E-state index in [9.17, 15) is 0 Å². The lowest BCUT2D eigenvalue weighted by atomic mass is 10.2. The van der Waals surface area contributed by atoms with Crippen LogP contribution in [-0.4, -0.2) is 18.2 Å². The Bertz CT molecular complexity index is 262. The largest absolute Gasteiger partial charge is 0.392 e. The summed E-state index contributed by atoms with van der Waals surface area (Å²) >= 11 is 0. The molecular weight excluding hydrogens is 186 g/mol. The van der Waals surface area contributed by atoms with Crippen molar-refractivity contribution in [2.24, 2.45) is 0 Å². The van der Waals surface area contributed by atoms with Crippen LogP contribution in [0.5, 0.6) is 0 Å². The van der Waals surface area contributed by atoms with Gasteiger partial charge >= 0.3 is 0 Å². The Morgan fingerprint density at radius 2 is 1.53 bits per heavy atom. The maximum absolute atomic E-state index is 8.96. The summed E-state index contributed by atoms with van der Waals surface area (Å²) in [5.74, 6) is 0. The third-order valence-corrected chi connectivity index (χ3v) is 2.47. The van der Waals surface area contributed by atoms with Crippen LogP contribution in [0, 0.1) is 0 Å². The fourth-order valence-corrected chi connectivity index (χ4v) is 1.72. The molecular formula is C13H21NO. The minimum Gasteiger partial charge on any atom is -0.392 e. The highest BCUT2D eigenvalue weighted by Gasteiger charge is 2.03. The van der Waals surface area contributed by atoms with Crippen LogP contribution in [-0.2, 0) is 6.61 Å². The molecule has 1 aromatic rings. The zero-order valence-electron chi connectivity index (χ0n) is 9.74. The van der Waals surface area contributed by atoms with Crippen molar-refractivity contribution in [3.8, 4) is 0 Å². The molecule has 1 aromatic carbocycles. The first-order chi connectivity index (χ1) is 7.31. The van der Waals surface area contributed by atoms with Crippen molar-refractivity contribution in [1.82, 2.24) is 0 Å². The Morgan fingerprint density at radius 1 is 1.00 bits per heavy atom. The van der Waals surface area contributed by atoms with Crippen LogP contribution >= 0.6 is 0 Å². The van der Waals surface area contributed by atoms with Crippen LogP contribution in [0.25, 0.3) is 0 Å². The Kier molecular flexibility index (Phi) is 5.19. The van der Waals surface area contributed by atoms with Gasteiger partial charge in [-0.15, -0.1) is 0 Å². The van der Waals surface area contributed by atoms with E-state index in [-0.39, 0.29) is 6.61 Å². The Labute approximate surface area is 92.5 Å². The van der Waals surface area contributed by atoms with Crippen molar-refractivity contribution < 1.29 is 5.11 Å². The lowest BCUT2D eigenvalue weighted by molar-refractivity contribution is 0.282. The van der Waals surface area contributed by atoms with Gasteiger partial charge < -0.3 is 10.0 Å². The van der Waals surface area contributed by atoms with E-state index in [1.54, 1.807) is 0 Å². The Hall–Kier alpha value is -1.02. The second-order valence-corrected chi connectivity index (χ2v) is 3.81. The third kappa shape index (κ3) is 3.56. The Balaban J connectivity index is 2.72. The maximum Gasteiger partial charge on any atom is 0.0681 e. The highest BCUT2D eigenvalue weighted by molar-refractivity contribution is 5.47. The number of rotatable bonds is 6. The first-order valence-electron chi connectivity index (χ1n) is 5.76. The van der Waals surface area contributed by atoms with Gasteiger partial charge in [0.25, 0.3) is 0 Å². The van der Waals surface area contributed by atoms with Crippen LogP contribution in [0.2, 0.25) is 0 Å². The maximum atomic E-state index is 8.96. The monoisotopic (exact) mass is 207 g/mol. The second-order valence-electron chi connectivity index (χ2n) is 3.81. The van der Waals surface area contributed by atoms with Gasteiger partial charge in [-0.3, -0.25) is 0 Å². The van der Waals surface area contributed by atoms with E-state index >= 15 is 0 Å². The first kappa shape index (κ1) is 12.1. The fourth-order valence-electron chi connectivity index (χ4n) is 1.72. The van der Waals surface area contributed by atoms with Crippen LogP contribution in [0.3, 0.4) is 0 Å². The van der Waals surface area contributed by atoms with E-state index < -0.39 is 0 Å². The van der Waals surface area contributed by atoms with Crippen LogP contribution in [0.1, 0.15) is 32.3 Å². The van der Waals surface area contributed by atoms with Gasteiger partial charge in [-0.05, 0) is 30.5 Å². The van der Waals surface area contributed by atoms with Gasteiger partial charge in [0, 0.05) is 18.8 Å². The molecule has 2 heteroatoms. The average molecular weight is 207 g/mol. The average Bonchev–Trinajstić information content (AvgIpc) is 2.29. The lowest BCUT2D eigenvalue weighted by Crippen LogP contribution is -2.24. The summed E-state index contributed by atoms with van der Waals surface area (Å²) in [7, 11) is 0. The van der Waals surface area contributed by atoms with E-state index in [1.165, 1.54) is 18.5 Å². The number of nitrogens with zero attached hydrogens (tertiary/aromatic N) is 1. The molecule has 0 radical (unpaired) electrons. The standard InChI is InChI=1S/C13H21NO/c1-3-9-14(10-4-2)13-7-5-12(11-15)6-8-13/h5-8,15H,3-4,9-11H2,1-2H3. The molecule has 0 aliphatic carbocycles. The number of hydrogen-bond acceptors (Lipinski definition) is 2. The molecule has 2 nitrogen and oxygen atoms in total. The van der Waals surface area contributed by atoms with E-state index in [4.69, 9.17) is 5.11 Å². The lowest BCUT2D eigenvalue weighted by Gasteiger charge is -2.23. The van der Waals surface area contributed by atoms with Crippen LogP contribution < -0.4 is 4.90 Å². The summed E-state index contributed by atoms with van der Waals surface area (Å²) < 4.78 is 0. The van der Waals surface area contributed by atoms with Gasteiger partial charge in [0.05, 0.1) is 6.61 Å². The summed E-state index contributed by atoms with van der Waals surface area (Å²) in [5.41, 5.74) is 2.24. The molecule has 0 unspecified atom stereocenters. The molecule has 0 fully saturated rings. The third-order valence-electron chi connectivity index (χ3n) is 2.47. The molecule has 1 N–H and O–H groups in total. The predicted molar refractivity (Wildman–Crippen MR) is 65.2 cm³/mol. The molecule has 0 spiro atoms. The predicted octanol–water partition coefficient (Wildman–Crippen LogP) is 2.81. The summed E-state index contributed by atoms with van der Waals surface area (Å²) in [6.45, 7) is 6.73. The first-order valence-corrected chi connectivity index (χ1v) is 5.76. The molecule has 1 rings (SSSR count). The molecule has 84 valence electrons. The summed E-state index contributed by atoms with van der Waals surface area (Å²) in [4.78, 5) is 2.39. The summed E-state index contributed by atoms with van der Waals surface area (Å²) in [6, 6.07) is 8.18. The number of aliphatic hydroxyl groups excluding tert-OH is 1. The molecule has 0 saturated heterocycles. The van der Waals surface area contributed by atoms with Crippen molar-refractivity contribution >= 4 is 5.69 Å². The van der Waals surface area contributed by atoms with Crippen molar-refractivity contribution in [1.29, 1.82) is 0 Å². The number of hydrogen-bond donors (Lipinski definition) is 1. The number of aliphatic hydroxyl groups is 1. The normalized spacial score (nSPS) is 10.3. The number of benzene rings is 1. The molecule has 0 atom stereocenters. The van der Waals surface area contributed by atoms with Crippen molar-refractivity contribution in [3.05, 3.63) is 29.8 Å². The van der Waals surface area contributed by atoms with E-state index in [0.717, 1.165) is 18.7 Å². The zero-order chi connectivity index (χ0) is 11.1. The molecule has 15 heavy (non-hydrogen) atoms. The Morgan fingerprint density at radius 3 is 1.93 bits per heavy atom. The van der Waals surface area contributed by atoms with Gasteiger partial charge in [0.2, 0.25) is 0 Å². The van der Waals surface area contributed by atoms with Crippen molar-refractivity contribution in [3.63, 3.8) is 0 Å². The fraction of sp³-hybridized carbons (Fsp3) is 0.538. The van der Waals surface area contributed by atoms with E-state index in [1.807, 2.05) is 12.1 Å². The highest BCUT2D eigenvalue weighted by atomic mass is 16.3. The second kappa shape index (κ2) is 6.46. The smallest absolute Gasteiger partial charge is 0.0681 e. The number of anilines is 1. The molecule has 0 aliphatic heterocycles. The molecule has 0 aromatic heterocycles. The minimum absolute atomic E-state index is 0.127. The van der Waals surface area contributed by atoms with Crippen LogP contribution in [0.4, 0.5) is 5.69 Å². The quantitative estimate of drug-likeness (QED) is 0.775. The molecule has 0 aliphatic rings. The van der Waals surface area contributed by atoms with Gasteiger partial charge in [0.15, 0.2) is 0 Å². The van der Waals surface area contributed by atoms with Crippen LogP contribution in [0.15, 0.2) is 24.3 Å². The van der Waals surface area contributed by atoms with Gasteiger partial charge in [-0.2, -0.15) is 0 Å². The molecule has 0 saturated carbocycles. The molecule has 0 amide bonds. The summed E-state index contributed by atoms with van der Waals surface area (Å²) in [5, 5.41) is 8.96. The molecule has 0 bridgehead atoms. The van der Waals surface area contributed by atoms with Gasteiger partial charge in [0.1, 0.15) is 0 Å². The minimum atomic E-state index is 0.127. The topological polar surface area (TPSA) is 23.5 Å².